The van der Waals surface area contributed by atoms with E-state index in [-0.39, 0.29) is 5.70 Å². The predicted molar refractivity (Wildman–Crippen MR) is 71.7 cm³/mol. The molecule has 0 unspecified atom stereocenters. The largest absolute Gasteiger partial charge is 0.466 e. The van der Waals surface area contributed by atoms with E-state index < -0.39 is 17.8 Å². The molecule has 0 N–H and O–H groups in total. The second-order valence-corrected chi connectivity index (χ2v) is 4.03. The van der Waals surface area contributed by atoms with Gasteiger partial charge < -0.3 is 14.4 Å². The molecular formula is C14H16FNO4. The predicted octanol–water partition coefficient (Wildman–Crippen LogP) is 1.80. The number of carbonyl (C=O) groups excluding carboxylic acids is 2. The van der Waals surface area contributed by atoms with Crippen molar-refractivity contribution in [2.45, 2.75) is 6.92 Å². The molecule has 0 aliphatic rings. The molecule has 6 heteroatoms. The molecular weight excluding hydrogens is 265 g/mol. The lowest BCUT2D eigenvalue weighted by molar-refractivity contribution is -0.138. The van der Waals surface area contributed by atoms with E-state index in [0.717, 1.165) is 11.6 Å². The number of hydrogen-bond acceptors (Lipinski definition) is 5. The monoisotopic (exact) mass is 281 g/mol. The van der Waals surface area contributed by atoms with Crippen molar-refractivity contribution in [3.8, 4) is 0 Å². The second kappa shape index (κ2) is 6.70. The number of esters is 2. The Bertz CT molecular complexity index is 554. The van der Waals surface area contributed by atoms with Gasteiger partial charge in [0.1, 0.15) is 11.5 Å². The third kappa shape index (κ3) is 3.57. The Balaban J connectivity index is 3.26. The van der Waals surface area contributed by atoms with Gasteiger partial charge in [0, 0.05) is 12.7 Å². The number of halogens is 1. The molecule has 1 aromatic carbocycles. The summed E-state index contributed by atoms with van der Waals surface area (Å²) >= 11 is 0. The lowest BCUT2D eigenvalue weighted by Crippen LogP contribution is -2.26. The number of nitrogens with zero attached hydrogens (tertiary/aromatic N) is 1. The Hall–Kier alpha value is -2.37. The van der Waals surface area contributed by atoms with Crippen molar-refractivity contribution >= 4 is 17.6 Å². The van der Waals surface area contributed by atoms with Gasteiger partial charge in [-0.25, -0.2) is 14.0 Å². The first kappa shape index (κ1) is 15.7. The van der Waals surface area contributed by atoms with E-state index in [0.29, 0.717) is 5.69 Å². The van der Waals surface area contributed by atoms with Crippen LogP contribution in [-0.4, -0.2) is 33.2 Å². The molecule has 0 radical (unpaired) electrons. The maximum atomic E-state index is 13.3. The van der Waals surface area contributed by atoms with Gasteiger partial charge in [-0.15, -0.1) is 0 Å². The first-order valence-corrected chi connectivity index (χ1v) is 5.78. The first-order valence-electron chi connectivity index (χ1n) is 5.78. The van der Waals surface area contributed by atoms with Crippen LogP contribution in [0.1, 0.15) is 5.56 Å². The van der Waals surface area contributed by atoms with E-state index in [1.165, 1.54) is 38.3 Å². The molecule has 0 amide bonds. The topological polar surface area (TPSA) is 55.8 Å². The van der Waals surface area contributed by atoms with Crippen molar-refractivity contribution in [2.24, 2.45) is 0 Å². The van der Waals surface area contributed by atoms with Gasteiger partial charge in [-0.3, -0.25) is 0 Å². The van der Waals surface area contributed by atoms with Crippen LogP contribution in [0, 0.1) is 12.7 Å². The van der Waals surface area contributed by atoms with Crippen molar-refractivity contribution in [3.63, 3.8) is 0 Å². The molecule has 1 aromatic rings. The van der Waals surface area contributed by atoms with Crippen LogP contribution in [0.5, 0.6) is 0 Å². The van der Waals surface area contributed by atoms with Crippen molar-refractivity contribution in [1.29, 1.82) is 0 Å². The van der Waals surface area contributed by atoms with Gasteiger partial charge in [-0.05, 0) is 24.6 Å². The summed E-state index contributed by atoms with van der Waals surface area (Å²) in [7, 11) is 3.92. The van der Waals surface area contributed by atoms with Gasteiger partial charge >= 0.3 is 11.9 Å². The zero-order valence-electron chi connectivity index (χ0n) is 11.8. The van der Waals surface area contributed by atoms with Crippen molar-refractivity contribution in [3.05, 3.63) is 41.4 Å². The normalized spacial score (nSPS) is 10.9. The summed E-state index contributed by atoms with van der Waals surface area (Å²) in [6.45, 7) is 1.76. The fraction of sp³-hybridized carbons (Fsp3) is 0.286. The standard InChI is InChI=1S/C14H16FNO4/c1-9-5-6-10(15)7-11(9)16(2)12(14(18)20-4)8-13(17)19-3/h5-8H,1-4H3/b12-8+. The van der Waals surface area contributed by atoms with Crippen LogP contribution >= 0.6 is 0 Å². The highest BCUT2D eigenvalue weighted by atomic mass is 19.1. The molecule has 0 fully saturated rings. The minimum Gasteiger partial charge on any atom is -0.466 e. The second-order valence-electron chi connectivity index (χ2n) is 4.03. The van der Waals surface area contributed by atoms with E-state index in [9.17, 15) is 14.0 Å². The maximum absolute atomic E-state index is 13.3. The Morgan fingerprint density at radius 3 is 2.45 bits per heavy atom. The molecule has 0 spiro atoms. The van der Waals surface area contributed by atoms with Gasteiger partial charge in [-0.1, -0.05) is 6.07 Å². The number of hydrogen-bond donors (Lipinski definition) is 0. The maximum Gasteiger partial charge on any atom is 0.354 e. The third-order valence-electron chi connectivity index (χ3n) is 2.74. The summed E-state index contributed by atoms with van der Waals surface area (Å²) in [5.74, 6) is -1.87. The molecule has 0 atom stereocenters. The Kier molecular flexibility index (Phi) is 5.25. The summed E-state index contributed by atoms with van der Waals surface area (Å²) < 4.78 is 22.4. The van der Waals surface area contributed by atoms with E-state index in [1.807, 2.05) is 0 Å². The lowest BCUT2D eigenvalue weighted by Gasteiger charge is -2.22. The van der Waals surface area contributed by atoms with Crippen LogP contribution in [-0.2, 0) is 19.1 Å². The molecule has 0 saturated heterocycles. The van der Waals surface area contributed by atoms with Crippen LogP contribution < -0.4 is 4.90 Å². The SMILES string of the molecule is COC(=O)/C=C(\C(=O)OC)N(C)c1cc(F)ccc1C. The van der Waals surface area contributed by atoms with Crippen molar-refractivity contribution in [2.75, 3.05) is 26.2 Å². The molecule has 0 aliphatic heterocycles. The zero-order valence-corrected chi connectivity index (χ0v) is 11.8. The number of aryl methyl sites for hydroxylation is 1. The number of benzene rings is 1. The number of likely N-dealkylation sites (N-methyl/N-ethyl adjacent to an activating group) is 1. The molecule has 20 heavy (non-hydrogen) atoms. The third-order valence-corrected chi connectivity index (χ3v) is 2.74. The van der Waals surface area contributed by atoms with E-state index in [1.54, 1.807) is 13.0 Å². The molecule has 0 bridgehead atoms. The van der Waals surface area contributed by atoms with Gasteiger partial charge in [0.05, 0.1) is 20.3 Å². The average Bonchev–Trinajstić information content (AvgIpc) is 2.45. The summed E-state index contributed by atoms with van der Waals surface area (Å²) in [5, 5.41) is 0. The highest BCUT2D eigenvalue weighted by Crippen LogP contribution is 2.23. The lowest BCUT2D eigenvalue weighted by atomic mass is 10.1. The van der Waals surface area contributed by atoms with Gasteiger partial charge in [0.2, 0.25) is 0 Å². The van der Waals surface area contributed by atoms with E-state index in [2.05, 4.69) is 9.47 Å². The van der Waals surface area contributed by atoms with Crippen molar-refractivity contribution in [1.82, 2.24) is 0 Å². The molecule has 5 nitrogen and oxygen atoms in total. The van der Waals surface area contributed by atoms with E-state index >= 15 is 0 Å². The fourth-order valence-electron chi connectivity index (χ4n) is 1.64. The van der Waals surface area contributed by atoms with Crippen LogP contribution in [0.4, 0.5) is 10.1 Å². The number of methoxy groups -OCH3 is 2. The summed E-state index contributed by atoms with van der Waals surface area (Å²) in [6, 6.07) is 4.16. The van der Waals surface area contributed by atoms with Crippen LogP contribution in [0.25, 0.3) is 0 Å². The highest BCUT2D eigenvalue weighted by Gasteiger charge is 2.20. The summed E-state index contributed by atoms with van der Waals surface area (Å²) in [4.78, 5) is 24.4. The molecule has 0 saturated carbocycles. The number of rotatable bonds is 4. The van der Waals surface area contributed by atoms with E-state index in [4.69, 9.17) is 0 Å². The summed E-state index contributed by atoms with van der Waals surface area (Å²) in [6.07, 6.45) is 0.996. The first-order chi connectivity index (χ1) is 9.40. The Morgan fingerprint density at radius 2 is 1.90 bits per heavy atom. The molecule has 1 rings (SSSR count). The average molecular weight is 281 g/mol. The highest BCUT2D eigenvalue weighted by molar-refractivity contribution is 5.99. The fourth-order valence-corrected chi connectivity index (χ4v) is 1.64. The number of ether oxygens (including phenoxy) is 2. The molecule has 0 heterocycles. The minimum atomic E-state index is -0.721. The molecule has 108 valence electrons. The van der Waals surface area contributed by atoms with Crippen molar-refractivity contribution < 1.29 is 23.5 Å². The Morgan fingerprint density at radius 1 is 1.25 bits per heavy atom. The van der Waals surface area contributed by atoms with Gasteiger partial charge in [0.25, 0.3) is 0 Å². The molecule has 0 aliphatic carbocycles. The Labute approximate surface area is 116 Å². The van der Waals surface area contributed by atoms with Crippen LogP contribution in [0.15, 0.2) is 30.0 Å². The molecule has 0 aromatic heterocycles. The van der Waals surface area contributed by atoms with Crippen LogP contribution in [0.2, 0.25) is 0 Å². The number of anilines is 1. The zero-order chi connectivity index (χ0) is 15.3. The smallest absolute Gasteiger partial charge is 0.354 e. The van der Waals surface area contributed by atoms with Crippen LogP contribution in [0.3, 0.4) is 0 Å². The minimum absolute atomic E-state index is 0.0481. The number of carbonyl (C=O) groups is 2. The quantitative estimate of drug-likeness (QED) is 0.622. The van der Waals surface area contributed by atoms with Gasteiger partial charge in [0.15, 0.2) is 0 Å². The summed E-state index contributed by atoms with van der Waals surface area (Å²) in [5.41, 5.74) is 1.15. The van der Waals surface area contributed by atoms with Gasteiger partial charge in [-0.2, -0.15) is 0 Å².